The molecular weight excluding hydrogens is 222 g/mol. The molecule has 1 aliphatic heterocycles. The average Bonchev–Trinajstić information content (AvgIpc) is 2.82. The van der Waals surface area contributed by atoms with Gasteiger partial charge in [-0.2, -0.15) is 0 Å². The van der Waals surface area contributed by atoms with E-state index in [-0.39, 0.29) is 0 Å². The first-order chi connectivity index (χ1) is 8.85. The number of hydrogen-bond donors (Lipinski definition) is 0. The highest BCUT2D eigenvalue weighted by Crippen LogP contribution is 2.45. The van der Waals surface area contributed by atoms with Crippen molar-refractivity contribution in [2.75, 3.05) is 20.2 Å². The van der Waals surface area contributed by atoms with E-state index in [1.807, 2.05) is 6.08 Å². The van der Waals surface area contributed by atoms with Crippen LogP contribution in [0.2, 0.25) is 0 Å². The summed E-state index contributed by atoms with van der Waals surface area (Å²) in [6, 6.07) is 7.18. The predicted octanol–water partition coefficient (Wildman–Crippen LogP) is 2.99. The average molecular weight is 243 g/mol. The molecule has 96 valence electrons. The van der Waals surface area contributed by atoms with Gasteiger partial charge in [0.15, 0.2) is 0 Å². The summed E-state index contributed by atoms with van der Waals surface area (Å²) in [5, 5.41) is 0. The molecule has 2 heteroatoms. The van der Waals surface area contributed by atoms with E-state index >= 15 is 0 Å². The maximum atomic E-state index is 5.58. The molecule has 1 aromatic rings. The van der Waals surface area contributed by atoms with E-state index in [9.17, 15) is 0 Å². The maximum Gasteiger partial charge on any atom is 0.122 e. The van der Waals surface area contributed by atoms with Crippen molar-refractivity contribution in [1.29, 1.82) is 0 Å². The minimum atomic E-state index is 0.657. The monoisotopic (exact) mass is 243 g/mol. The van der Waals surface area contributed by atoms with E-state index < -0.39 is 0 Å². The normalized spacial score (nSPS) is 26.5. The molecule has 2 nitrogen and oxygen atoms in total. The summed E-state index contributed by atoms with van der Waals surface area (Å²) >= 11 is 0. The Morgan fingerprint density at radius 1 is 1.44 bits per heavy atom. The van der Waals surface area contributed by atoms with Gasteiger partial charge in [-0.25, -0.2) is 0 Å². The van der Waals surface area contributed by atoms with Crippen molar-refractivity contribution in [2.24, 2.45) is 0 Å². The molecule has 18 heavy (non-hydrogen) atoms. The summed E-state index contributed by atoms with van der Waals surface area (Å²) < 4.78 is 5.58. The van der Waals surface area contributed by atoms with Crippen molar-refractivity contribution in [3.8, 4) is 5.75 Å². The van der Waals surface area contributed by atoms with Gasteiger partial charge >= 0.3 is 0 Å². The molecule has 0 unspecified atom stereocenters. The summed E-state index contributed by atoms with van der Waals surface area (Å²) in [4.78, 5) is 2.58. The Bertz CT molecular complexity index is 440. The number of hydrogen-bond acceptors (Lipinski definition) is 2. The van der Waals surface area contributed by atoms with E-state index in [1.165, 1.54) is 36.9 Å². The summed E-state index contributed by atoms with van der Waals surface area (Å²) in [5.74, 6) is 1.74. The van der Waals surface area contributed by atoms with Crippen LogP contribution in [-0.2, 0) is 6.42 Å². The van der Waals surface area contributed by atoms with Crippen molar-refractivity contribution in [2.45, 2.75) is 31.2 Å². The van der Waals surface area contributed by atoms with Crippen LogP contribution in [0.5, 0.6) is 5.75 Å². The molecule has 0 spiro atoms. The number of ether oxygens (including phenoxy) is 1. The standard InChI is InChI=1S/C16H21NO/c1-3-10-17-11-9-13-14(17)8-7-12-5-4-6-15(18-2)16(12)13/h3-6,13-14H,1,7-11H2,2H3/t13-,14+/m1/s1. The second kappa shape index (κ2) is 4.77. The quantitative estimate of drug-likeness (QED) is 0.757. The SMILES string of the molecule is C=CCN1CC[C@H]2c3c(cccc3OC)CC[C@@H]21. The Labute approximate surface area is 109 Å². The highest BCUT2D eigenvalue weighted by Gasteiger charge is 2.39. The summed E-state index contributed by atoms with van der Waals surface area (Å²) in [7, 11) is 1.79. The zero-order chi connectivity index (χ0) is 12.5. The lowest BCUT2D eigenvalue weighted by molar-refractivity contribution is 0.247. The van der Waals surface area contributed by atoms with Gasteiger partial charge in [0.05, 0.1) is 7.11 Å². The molecule has 1 aliphatic carbocycles. The number of methoxy groups -OCH3 is 1. The Morgan fingerprint density at radius 2 is 2.33 bits per heavy atom. The first kappa shape index (κ1) is 11.8. The smallest absolute Gasteiger partial charge is 0.122 e. The summed E-state index contributed by atoms with van der Waals surface area (Å²) in [6.07, 6.45) is 5.74. The molecule has 1 saturated heterocycles. The van der Waals surface area contributed by atoms with Crippen LogP contribution in [-0.4, -0.2) is 31.1 Å². The van der Waals surface area contributed by atoms with Crippen molar-refractivity contribution in [1.82, 2.24) is 4.90 Å². The first-order valence-corrected chi connectivity index (χ1v) is 6.86. The molecule has 0 radical (unpaired) electrons. The molecule has 0 bridgehead atoms. The highest BCUT2D eigenvalue weighted by atomic mass is 16.5. The molecule has 2 aliphatic rings. The lowest BCUT2D eigenvalue weighted by atomic mass is 9.79. The van der Waals surface area contributed by atoms with Gasteiger partial charge in [0.2, 0.25) is 0 Å². The van der Waals surface area contributed by atoms with Gasteiger partial charge in [-0.1, -0.05) is 18.2 Å². The van der Waals surface area contributed by atoms with Crippen LogP contribution in [0.3, 0.4) is 0 Å². The lowest BCUT2D eigenvalue weighted by Crippen LogP contribution is -2.35. The molecule has 1 heterocycles. The van der Waals surface area contributed by atoms with E-state index in [1.54, 1.807) is 7.11 Å². The zero-order valence-electron chi connectivity index (χ0n) is 11.1. The van der Waals surface area contributed by atoms with E-state index in [0.29, 0.717) is 12.0 Å². The third-order valence-electron chi connectivity index (χ3n) is 4.48. The zero-order valence-corrected chi connectivity index (χ0v) is 11.1. The Kier molecular flexibility index (Phi) is 3.13. The molecule has 0 aromatic heterocycles. The molecule has 0 amide bonds. The predicted molar refractivity (Wildman–Crippen MR) is 74.2 cm³/mol. The maximum absolute atomic E-state index is 5.58. The third-order valence-corrected chi connectivity index (χ3v) is 4.48. The van der Waals surface area contributed by atoms with Crippen LogP contribution in [0.4, 0.5) is 0 Å². The molecular formula is C16H21NO. The molecule has 1 fully saturated rings. The van der Waals surface area contributed by atoms with Crippen molar-refractivity contribution in [3.05, 3.63) is 42.0 Å². The van der Waals surface area contributed by atoms with Crippen molar-refractivity contribution in [3.63, 3.8) is 0 Å². The van der Waals surface area contributed by atoms with Crippen LogP contribution in [0.1, 0.15) is 29.9 Å². The number of likely N-dealkylation sites (tertiary alicyclic amines) is 1. The van der Waals surface area contributed by atoms with Crippen LogP contribution in [0.25, 0.3) is 0 Å². The number of fused-ring (bicyclic) bond motifs is 3. The largest absolute Gasteiger partial charge is 0.496 e. The Hall–Kier alpha value is -1.28. The number of benzene rings is 1. The third kappa shape index (κ3) is 1.76. The Morgan fingerprint density at radius 3 is 3.11 bits per heavy atom. The fourth-order valence-electron chi connectivity index (χ4n) is 3.74. The van der Waals surface area contributed by atoms with Crippen molar-refractivity contribution < 1.29 is 4.74 Å². The number of nitrogens with zero attached hydrogens (tertiary/aromatic N) is 1. The number of rotatable bonds is 3. The molecule has 3 rings (SSSR count). The van der Waals surface area contributed by atoms with Crippen LogP contribution in [0.15, 0.2) is 30.9 Å². The topological polar surface area (TPSA) is 12.5 Å². The minimum Gasteiger partial charge on any atom is -0.496 e. The number of aryl methyl sites for hydroxylation is 1. The fourth-order valence-corrected chi connectivity index (χ4v) is 3.74. The van der Waals surface area contributed by atoms with E-state index in [4.69, 9.17) is 4.74 Å². The van der Waals surface area contributed by atoms with E-state index in [2.05, 4.69) is 29.7 Å². The molecule has 0 N–H and O–H groups in total. The minimum absolute atomic E-state index is 0.657. The van der Waals surface area contributed by atoms with Crippen LogP contribution >= 0.6 is 0 Å². The van der Waals surface area contributed by atoms with Crippen molar-refractivity contribution >= 4 is 0 Å². The molecule has 0 saturated carbocycles. The first-order valence-electron chi connectivity index (χ1n) is 6.86. The summed E-state index contributed by atoms with van der Waals surface area (Å²) in [5.41, 5.74) is 2.97. The van der Waals surface area contributed by atoms with Gasteiger partial charge in [-0.3, -0.25) is 4.90 Å². The van der Waals surface area contributed by atoms with E-state index in [0.717, 1.165) is 12.3 Å². The van der Waals surface area contributed by atoms with Gasteiger partial charge < -0.3 is 4.74 Å². The fraction of sp³-hybridized carbons (Fsp3) is 0.500. The highest BCUT2D eigenvalue weighted by molar-refractivity contribution is 5.46. The van der Waals surface area contributed by atoms with Crippen LogP contribution in [0, 0.1) is 0 Å². The van der Waals surface area contributed by atoms with Gasteiger partial charge in [-0.15, -0.1) is 6.58 Å². The lowest BCUT2D eigenvalue weighted by Gasteiger charge is -2.33. The summed E-state index contributed by atoms with van der Waals surface area (Å²) in [6.45, 7) is 6.09. The van der Waals surface area contributed by atoms with Crippen LogP contribution < -0.4 is 4.74 Å². The molecule has 1 aromatic carbocycles. The molecule has 2 atom stereocenters. The van der Waals surface area contributed by atoms with Gasteiger partial charge in [-0.05, 0) is 37.4 Å². The second-order valence-corrected chi connectivity index (χ2v) is 5.32. The van der Waals surface area contributed by atoms with Gasteiger partial charge in [0.25, 0.3) is 0 Å². The van der Waals surface area contributed by atoms with Gasteiger partial charge in [0.1, 0.15) is 5.75 Å². The van der Waals surface area contributed by atoms with Gasteiger partial charge in [0, 0.05) is 24.1 Å². The second-order valence-electron chi connectivity index (χ2n) is 5.32. The Balaban J connectivity index is 1.96.